The fourth-order valence-electron chi connectivity index (χ4n) is 2.87. The molecule has 1 aromatic rings. The highest BCUT2D eigenvalue weighted by atomic mass is 19.4. The number of likely N-dealkylation sites (tertiary alicyclic amines) is 1. The van der Waals surface area contributed by atoms with E-state index in [1.165, 1.54) is 22.7 Å². The third kappa shape index (κ3) is 4.85. The smallest absolute Gasteiger partial charge is 0.348 e. The van der Waals surface area contributed by atoms with Crippen LogP contribution in [0.3, 0.4) is 0 Å². The highest BCUT2D eigenvalue weighted by Crippen LogP contribution is 2.24. The molecule has 1 atom stereocenters. The van der Waals surface area contributed by atoms with Crippen LogP contribution >= 0.6 is 0 Å². The summed E-state index contributed by atoms with van der Waals surface area (Å²) in [7, 11) is 1.51. The number of piperidine rings is 1. The largest absolute Gasteiger partial charge is 0.401 e. The van der Waals surface area contributed by atoms with E-state index in [0.29, 0.717) is 25.9 Å². The van der Waals surface area contributed by atoms with E-state index in [4.69, 9.17) is 0 Å². The lowest BCUT2D eigenvalue weighted by atomic mass is 9.90. The first-order valence-corrected chi connectivity index (χ1v) is 7.52. The van der Waals surface area contributed by atoms with Gasteiger partial charge in [0.25, 0.3) is 11.5 Å². The van der Waals surface area contributed by atoms with Crippen LogP contribution in [-0.2, 0) is 7.05 Å². The lowest BCUT2D eigenvalue weighted by Crippen LogP contribution is -2.46. The number of carbonyl (C=O) groups is 1. The molecule has 130 valence electrons. The molecule has 6 nitrogen and oxygen atoms in total. The number of hydrogen-bond donors (Lipinski definition) is 2. The first-order chi connectivity index (χ1) is 10.7. The van der Waals surface area contributed by atoms with Crippen molar-refractivity contribution in [3.63, 3.8) is 0 Å². The topological polar surface area (TPSA) is 70.1 Å². The Kier molecular flexibility index (Phi) is 5.18. The molecular formula is C14H21F3N4O2. The molecule has 1 fully saturated rings. The number of nitrogens with zero attached hydrogens (tertiary/aromatic N) is 2. The summed E-state index contributed by atoms with van der Waals surface area (Å²) in [5.41, 5.74) is -0.123. The third-order valence-corrected chi connectivity index (χ3v) is 4.23. The Morgan fingerprint density at radius 2 is 2.04 bits per heavy atom. The molecule has 2 rings (SSSR count). The first-order valence-electron chi connectivity index (χ1n) is 7.52. The average molecular weight is 334 g/mol. The van der Waals surface area contributed by atoms with Crippen molar-refractivity contribution in [2.24, 2.45) is 13.0 Å². The number of amides is 1. The van der Waals surface area contributed by atoms with Gasteiger partial charge in [0.05, 0.1) is 6.54 Å². The molecule has 0 aromatic carbocycles. The lowest BCUT2D eigenvalue weighted by Gasteiger charge is -2.35. The molecule has 0 radical (unpaired) electrons. The molecule has 1 amide bonds. The maximum atomic E-state index is 12.4. The van der Waals surface area contributed by atoms with E-state index in [9.17, 15) is 22.8 Å². The van der Waals surface area contributed by atoms with Crippen LogP contribution in [0, 0.1) is 5.92 Å². The molecular weight excluding hydrogens is 313 g/mol. The standard InChI is InChI=1S/C14H21F3N4O2/c1-9(18-13(23)11-7-12(22)20(2)19-11)10-3-5-21(6-4-10)8-14(15,16)17/h7,9-10,19H,3-6,8H2,1-2H3,(H,18,23). The number of halogens is 3. The van der Waals surface area contributed by atoms with Crippen molar-refractivity contribution in [1.29, 1.82) is 0 Å². The van der Waals surface area contributed by atoms with Crippen LogP contribution in [0.1, 0.15) is 30.3 Å². The molecule has 0 aliphatic carbocycles. The molecule has 0 spiro atoms. The van der Waals surface area contributed by atoms with Gasteiger partial charge in [-0.3, -0.25) is 24.3 Å². The minimum Gasteiger partial charge on any atom is -0.348 e. The minimum absolute atomic E-state index is 0.124. The number of H-pyrrole nitrogens is 1. The van der Waals surface area contributed by atoms with E-state index in [1.54, 1.807) is 0 Å². The van der Waals surface area contributed by atoms with Crippen molar-refractivity contribution in [3.8, 4) is 0 Å². The summed E-state index contributed by atoms with van der Waals surface area (Å²) in [6.07, 6.45) is -2.97. The van der Waals surface area contributed by atoms with Crippen LogP contribution in [0.25, 0.3) is 0 Å². The number of aromatic nitrogens is 2. The van der Waals surface area contributed by atoms with Crippen molar-refractivity contribution in [2.45, 2.75) is 32.0 Å². The van der Waals surface area contributed by atoms with Crippen molar-refractivity contribution < 1.29 is 18.0 Å². The molecule has 1 aliphatic heterocycles. The molecule has 1 aliphatic rings. The Labute approximate surface area is 131 Å². The van der Waals surface area contributed by atoms with Crippen LogP contribution in [0.4, 0.5) is 13.2 Å². The van der Waals surface area contributed by atoms with Gasteiger partial charge in [-0.25, -0.2) is 0 Å². The number of nitrogens with one attached hydrogen (secondary N) is 2. The van der Waals surface area contributed by atoms with Crippen molar-refractivity contribution in [2.75, 3.05) is 19.6 Å². The van der Waals surface area contributed by atoms with Gasteiger partial charge in [0, 0.05) is 19.2 Å². The number of aromatic amines is 1. The molecule has 1 aromatic heterocycles. The maximum absolute atomic E-state index is 12.4. The summed E-state index contributed by atoms with van der Waals surface area (Å²) in [6.45, 7) is 1.69. The van der Waals surface area contributed by atoms with E-state index >= 15 is 0 Å². The van der Waals surface area contributed by atoms with E-state index < -0.39 is 12.7 Å². The predicted octanol–water partition coefficient (Wildman–Crippen LogP) is 1.11. The van der Waals surface area contributed by atoms with Gasteiger partial charge >= 0.3 is 6.18 Å². The molecule has 2 heterocycles. The highest BCUT2D eigenvalue weighted by Gasteiger charge is 2.33. The summed E-state index contributed by atoms with van der Waals surface area (Å²) in [5.74, 6) is -0.258. The van der Waals surface area contributed by atoms with Gasteiger partial charge in [0.1, 0.15) is 5.69 Å². The Bertz CT molecular complexity index is 600. The highest BCUT2D eigenvalue weighted by molar-refractivity contribution is 5.92. The molecule has 23 heavy (non-hydrogen) atoms. The van der Waals surface area contributed by atoms with Gasteiger partial charge in [0.2, 0.25) is 0 Å². The lowest BCUT2D eigenvalue weighted by molar-refractivity contribution is -0.148. The second-order valence-electron chi connectivity index (χ2n) is 6.06. The monoisotopic (exact) mass is 334 g/mol. The quantitative estimate of drug-likeness (QED) is 0.866. The summed E-state index contributed by atoms with van der Waals surface area (Å²) in [4.78, 5) is 24.8. The van der Waals surface area contributed by atoms with Crippen LogP contribution in [-0.4, -0.2) is 52.4 Å². The molecule has 0 saturated carbocycles. The number of carbonyl (C=O) groups excluding carboxylic acids is 1. The van der Waals surface area contributed by atoms with Crippen LogP contribution in [0.2, 0.25) is 0 Å². The number of alkyl halides is 3. The van der Waals surface area contributed by atoms with Crippen LogP contribution < -0.4 is 10.9 Å². The SMILES string of the molecule is CC(NC(=O)c1cc(=O)n(C)[nH]1)C1CCN(CC(F)(F)F)CC1. The minimum atomic E-state index is -4.17. The van der Waals surface area contributed by atoms with Gasteiger partial charge in [-0.15, -0.1) is 0 Å². The summed E-state index contributed by atoms with van der Waals surface area (Å²) in [6, 6.07) is 1.05. The molecule has 2 N–H and O–H groups in total. The number of hydrogen-bond acceptors (Lipinski definition) is 3. The molecule has 0 bridgehead atoms. The van der Waals surface area contributed by atoms with E-state index in [1.807, 2.05) is 6.92 Å². The molecule has 1 unspecified atom stereocenters. The Morgan fingerprint density at radius 3 is 2.52 bits per heavy atom. The van der Waals surface area contributed by atoms with Crippen molar-refractivity contribution in [1.82, 2.24) is 20.0 Å². The summed E-state index contributed by atoms with van der Waals surface area (Å²) < 4.78 is 38.3. The van der Waals surface area contributed by atoms with Crippen molar-refractivity contribution >= 4 is 5.91 Å². The number of aryl methyl sites for hydroxylation is 1. The third-order valence-electron chi connectivity index (χ3n) is 4.23. The second kappa shape index (κ2) is 6.77. The zero-order valence-corrected chi connectivity index (χ0v) is 13.1. The van der Waals surface area contributed by atoms with Gasteiger partial charge in [-0.2, -0.15) is 13.2 Å². The normalized spacial score (nSPS) is 18.8. The number of rotatable bonds is 4. The zero-order chi connectivity index (χ0) is 17.2. The van der Waals surface area contributed by atoms with E-state index in [2.05, 4.69) is 10.4 Å². The van der Waals surface area contributed by atoms with Crippen molar-refractivity contribution in [3.05, 3.63) is 22.1 Å². The molecule has 1 saturated heterocycles. The van der Waals surface area contributed by atoms with Gasteiger partial charge in [-0.05, 0) is 38.8 Å². The Morgan fingerprint density at radius 1 is 1.43 bits per heavy atom. The van der Waals surface area contributed by atoms with Gasteiger partial charge < -0.3 is 5.32 Å². The van der Waals surface area contributed by atoms with Crippen LogP contribution in [0.15, 0.2) is 10.9 Å². The zero-order valence-electron chi connectivity index (χ0n) is 13.1. The first kappa shape index (κ1) is 17.6. The predicted molar refractivity (Wildman–Crippen MR) is 78.2 cm³/mol. The van der Waals surface area contributed by atoms with E-state index in [-0.39, 0.29) is 29.1 Å². The summed E-state index contributed by atoms with van der Waals surface area (Å²) >= 11 is 0. The van der Waals surface area contributed by atoms with E-state index in [0.717, 1.165) is 0 Å². The van der Waals surface area contributed by atoms with Gasteiger partial charge in [-0.1, -0.05) is 0 Å². The fourth-order valence-corrected chi connectivity index (χ4v) is 2.87. The second-order valence-corrected chi connectivity index (χ2v) is 6.06. The van der Waals surface area contributed by atoms with Crippen LogP contribution in [0.5, 0.6) is 0 Å². The fraction of sp³-hybridized carbons (Fsp3) is 0.714. The Hall–Kier alpha value is -1.77. The average Bonchev–Trinajstić information content (AvgIpc) is 2.78. The molecule has 9 heteroatoms. The van der Waals surface area contributed by atoms with Gasteiger partial charge in [0.15, 0.2) is 0 Å². The Balaban J connectivity index is 1.84. The summed E-state index contributed by atoms with van der Waals surface area (Å²) in [5, 5.41) is 5.45. The maximum Gasteiger partial charge on any atom is 0.401 e.